The van der Waals surface area contributed by atoms with Crippen LogP contribution >= 0.6 is 0 Å². The summed E-state index contributed by atoms with van der Waals surface area (Å²) in [7, 11) is 0. The Morgan fingerprint density at radius 2 is 1.62 bits per heavy atom. The molecule has 4 fully saturated rings. The molecule has 7 atom stereocenters. The van der Waals surface area contributed by atoms with Gasteiger partial charge in [-0.25, -0.2) is 0 Å². The van der Waals surface area contributed by atoms with Crippen LogP contribution in [0.5, 0.6) is 0 Å². The highest BCUT2D eigenvalue weighted by atomic mass is 14.6. The van der Waals surface area contributed by atoms with E-state index in [0.29, 0.717) is 0 Å². The van der Waals surface area contributed by atoms with Gasteiger partial charge in [-0.3, -0.25) is 0 Å². The molecule has 0 heteroatoms. The van der Waals surface area contributed by atoms with E-state index in [9.17, 15) is 0 Å². The molecule has 0 radical (unpaired) electrons. The van der Waals surface area contributed by atoms with Gasteiger partial charge in [0.1, 0.15) is 0 Å². The number of allylic oxidation sites excluding steroid dienone is 1. The average molecular weight is 216 g/mol. The Bertz CT molecular complexity index is 305. The normalized spacial score (nSPS) is 58.4. The maximum Gasteiger partial charge on any atom is -0.0174 e. The summed E-state index contributed by atoms with van der Waals surface area (Å²) in [6, 6.07) is 0. The van der Waals surface area contributed by atoms with E-state index < -0.39 is 0 Å². The largest absolute Gasteiger partial charge is 0.103 e. The molecule has 4 rings (SSSR count). The molecule has 4 aliphatic carbocycles. The van der Waals surface area contributed by atoms with E-state index in [1.165, 1.54) is 6.42 Å². The lowest BCUT2D eigenvalue weighted by atomic mass is 9.67. The molecule has 0 aliphatic heterocycles. The van der Waals surface area contributed by atoms with Gasteiger partial charge < -0.3 is 0 Å². The molecule has 4 aliphatic rings. The summed E-state index contributed by atoms with van der Waals surface area (Å²) in [6.07, 6.45) is 13.2. The van der Waals surface area contributed by atoms with E-state index in [0.717, 1.165) is 41.4 Å². The SMILES string of the molecule is C=C[C@H]1C2CCC(C2)C1C1CC2CCC1C2. The molecule has 0 saturated heterocycles. The van der Waals surface area contributed by atoms with Gasteiger partial charge in [0, 0.05) is 0 Å². The van der Waals surface area contributed by atoms with Crippen molar-refractivity contribution in [1.29, 1.82) is 0 Å². The highest BCUT2D eigenvalue weighted by molar-refractivity contribution is 5.07. The highest BCUT2D eigenvalue weighted by Gasteiger charge is 2.53. The van der Waals surface area contributed by atoms with E-state index in [4.69, 9.17) is 0 Å². The predicted molar refractivity (Wildman–Crippen MR) is 66.9 cm³/mol. The van der Waals surface area contributed by atoms with Crippen LogP contribution in [-0.4, -0.2) is 0 Å². The third-order valence-electron chi connectivity index (χ3n) is 6.61. The first-order chi connectivity index (χ1) is 7.86. The molecule has 0 heterocycles. The minimum Gasteiger partial charge on any atom is -0.103 e. The minimum atomic E-state index is 0.906. The number of fused-ring (bicyclic) bond motifs is 4. The van der Waals surface area contributed by atoms with Crippen LogP contribution in [0, 0.1) is 41.4 Å². The van der Waals surface area contributed by atoms with Crippen molar-refractivity contribution in [2.24, 2.45) is 41.4 Å². The van der Waals surface area contributed by atoms with Crippen molar-refractivity contribution in [3.05, 3.63) is 12.7 Å². The smallest absolute Gasteiger partial charge is 0.0174 e. The zero-order chi connectivity index (χ0) is 10.7. The lowest BCUT2D eigenvalue weighted by molar-refractivity contribution is 0.129. The third kappa shape index (κ3) is 1.17. The molecule has 0 aromatic rings. The fourth-order valence-corrected chi connectivity index (χ4v) is 6.13. The summed E-state index contributed by atoms with van der Waals surface area (Å²) < 4.78 is 0. The monoisotopic (exact) mass is 216 g/mol. The van der Waals surface area contributed by atoms with E-state index in [2.05, 4.69) is 12.7 Å². The zero-order valence-electron chi connectivity index (χ0n) is 10.3. The van der Waals surface area contributed by atoms with Crippen LogP contribution in [0.3, 0.4) is 0 Å². The molecule has 0 amide bonds. The minimum absolute atomic E-state index is 0.906. The first-order valence-corrected chi connectivity index (χ1v) is 7.49. The van der Waals surface area contributed by atoms with Crippen molar-refractivity contribution in [3.63, 3.8) is 0 Å². The fourth-order valence-electron chi connectivity index (χ4n) is 6.13. The van der Waals surface area contributed by atoms with E-state index in [1.807, 2.05) is 0 Å². The van der Waals surface area contributed by atoms with Crippen LogP contribution in [0.25, 0.3) is 0 Å². The summed E-state index contributed by atoms with van der Waals surface area (Å²) in [5, 5.41) is 0. The van der Waals surface area contributed by atoms with Crippen LogP contribution in [0.4, 0.5) is 0 Å². The van der Waals surface area contributed by atoms with E-state index in [-0.39, 0.29) is 0 Å². The standard InChI is InChI=1S/C16H24/c1-2-14-12-5-6-13(9-12)16(14)15-8-10-3-4-11(15)7-10/h2,10-16H,1,3-9H2/t10?,11?,12?,13?,14-,15?,16?/m0/s1. The molecule has 16 heavy (non-hydrogen) atoms. The van der Waals surface area contributed by atoms with Crippen LogP contribution in [0.1, 0.15) is 44.9 Å². The second kappa shape index (κ2) is 3.37. The van der Waals surface area contributed by atoms with Crippen LogP contribution in [0.2, 0.25) is 0 Å². The van der Waals surface area contributed by atoms with Crippen LogP contribution in [0.15, 0.2) is 12.7 Å². The van der Waals surface area contributed by atoms with Gasteiger partial charge in [-0.05, 0) is 80.0 Å². The van der Waals surface area contributed by atoms with Crippen molar-refractivity contribution in [2.75, 3.05) is 0 Å². The molecule has 6 unspecified atom stereocenters. The van der Waals surface area contributed by atoms with Crippen molar-refractivity contribution in [1.82, 2.24) is 0 Å². The Morgan fingerprint density at radius 3 is 2.31 bits per heavy atom. The van der Waals surface area contributed by atoms with Gasteiger partial charge in [0.25, 0.3) is 0 Å². The third-order valence-corrected chi connectivity index (χ3v) is 6.61. The number of rotatable bonds is 2. The molecule has 0 nitrogen and oxygen atoms in total. The Hall–Kier alpha value is -0.260. The summed E-state index contributed by atoms with van der Waals surface area (Å²) >= 11 is 0. The second-order valence-electron chi connectivity index (χ2n) is 7.06. The fraction of sp³-hybridized carbons (Fsp3) is 0.875. The maximum absolute atomic E-state index is 4.15. The lowest BCUT2D eigenvalue weighted by Gasteiger charge is -2.37. The first-order valence-electron chi connectivity index (χ1n) is 7.49. The Labute approximate surface area is 99.5 Å². The first kappa shape index (κ1) is 9.74. The zero-order valence-corrected chi connectivity index (χ0v) is 10.3. The van der Waals surface area contributed by atoms with Gasteiger partial charge in [0.15, 0.2) is 0 Å². The molecule has 88 valence electrons. The van der Waals surface area contributed by atoms with E-state index >= 15 is 0 Å². The number of hydrogen-bond acceptors (Lipinski definition) is 0. The summed E-state index contributed by atoms with van der Waals surface area (Å²) in [4.78, 5) is 0. The van der Waals surface area contributed by atoms with Gasteiger partial charge in [0.2, 0.25) is 0 Å². The van der Waals surface area contributed by atoms with Gasteiger partial charge in [-0.15, -0.1) is 6.58 Å². The van der Waals surface area contributed by atoms with Crippen molar-refractivity contribution >= 4 is 0 Å². The van der Waals surface area contributed by atoms with E-state index in [1.54, 1.807) is 38.5 Å². The molecule has 0 aromatic heterocycles. The van der Waals surface area contributed by atoms with Crippen molar-refractivity contribution < 1.29 is 0 Å². The topological polar surface area (TPSA) is 0 Å². The summed E-state index contributed by atoms with van der Waals surface area (Å²) in [5.41, 5.74) is 0. The Kier molecular flexibility index (Phi) is 2.05. The van der Waals surface area contributed by atoms with Crippen molar-refractivity contribution in [3.8, 4) is 0 Å². The van der Waals surface area contributed by atoms with Gasteiger partial charge in [0.05, 0.1) is 0 Å². The Balaban J connectivity index is 1.60. The molecular formula is C16H24. The van der Waals surface area contributed by atoms with Gasteiger partial charge >= 0.3 is 0 Å². The predicted octanol–water partition coefficient (Wildman–Crippen LogP) is 4.27. The van der Waals surface area contributed by atoms with Crippen molar-refractivity contribution in [2.45, 2.75) is 44.9 Å². The maximum atomic E-state index is 4.15. The second-order valence-corrected chi connectivity index (χ2v) is 7.06. The summed E-state index contributed by atoms with van der Waals surface area (Å²) in [5.74, 6) is 7.45. The molecule has 4 saturated carbocycles. The van der Waals surface area contributed by atoms with Crippen LogP contribution < -0.4 is 0 Å². The molecule has 0 aromatic carbocycles. The quantitative estimate of drug-likeness (QED) is 0.605. The van der Waals surface area contributed by atoms with Gasteiger partial charge in [-0.2, -0.15) is 0 Å². The highest BCUT2D eigenvalue weighted by Crippen LogP contribution is 2.62. The average Bonchev–Trinajstić information content (AvgIpc) is 3.05. The van der Waals surface area contributed by atoms with Crippen LogP contribution in [-0.2, 0) is 0 Å². The molecular weight excluding hydrogens is 192 g/mol. The Morgan fingerprint density at radius 1 is 0.812 bits per heavy atom. The van der Waals surface area contributed by atoms with Gasteiger partial charge in [-0.1, -0.05) is 12.5 Å². The lowest BCUT2D eigenvalue weighted by Crippen LogP contribution is -2.31. The molecule has 4 bridgehead atoms. The number of hydrogen-bond donors (Lipinski definition) is 0. The summed E-state index contributed by atoms with van der Waals surface area (Å²) in [6.45, 7) is 4.15. The molecule has 0 N–H and O–H groups in total. The molecule has 0 spiro atoms.